The molecule has 2 N–H and O–H groups in total. The predicted octanol–water partition coefficient (Wildman–Crippen LogP) is 4.05. The number of benzene rings is 2. The van der Waals surface area contributed by atoms with Gasteiger partial charge in [0.05, 0.1) is 0 Å². The molecule has 0 spiro atoms. The number of nitriles is 1. The van der Waals surface area contributed by atoms with Crippen LogP contribution in [0.1, 0.15) is 37.3 Å². The summed E-state index contributed by atoms with van der Waals surface area (Å²) in [5.74, 6) is 1.11. The number of nitrogens with zero attached hydrogens (tertiary/aromatic N) is 1. The molecule has 0 radical (unpaired) electrons. The lowest BCUT2D eigenvalue weighted by Crippen LogP contribution is -2.13. The van der Waals surface area contributed by atoms with Crippen molar-refractivity contribution < 1.29 is 14.3 Å². The largest absolute Gasteiger partial charge is 0.490 e. The van der Waals surface area contributed by atoms with Gasteiger partial charge in [0, 0.05) is 5.56 Å². The number of ether oxygens (including phenoxy) is 2. The van der Waals surface area contributed by atoms with Crippen molar-refractivity contribution in [2.75, 3.05) is 13.2 Å². The van der Waals surface area contributed by atoms with E-state index in [2.05, 4.69) is 26.0 Å². The Hall–Kier alpha value is -3.26. The van der Waals surface area contributed by atoms with Crippen LogP contribution in [0.2, 0.25) is 0 Å². The molecule has 0 aromatic heterocycles. The molecule has 27 heavy (non-hydrogen) atoms. The molecule has 2 rings (SSSR count). The van der Waals surface area contributed by atoms with Gasteiger partial charge in [0.2, 0.25) is 0 Å². The molecule has 0 aliphatic carbocycles. The van der Waals surface area contributed by atoms with Crippen molar-refractivity contribution in [2.45, 2.75) is 26.2 Å². The second kappa shape index (κ2) is 10.0. The normalized spacial score (nSPS) is 12.1. The summed E-state index contributed by atoms with van der Waals surface area (Å²) in [4.78, 5) is 11.2. The lowest BCUT2D eigenvalue weighted by Gasteiger charge is -2.12. The third-order valence-corrected chi connectivity index (χ3v) is 4.28. The highest BCUT2D eigenvalue weighted by Crippen LogP contribution is 2.22. The average Bonchev–Trinajstić information content (AvgIpc) is 2.69. The first-order valence-electron chi connectivity index (χ1n) is 8.91. The number of para-hydroxylation sites is 1. The Morgan fingerprint density at radius 1 is 1.15 bits per heavy atom. The highest BCUT2D eigenvalue weighted by atomic mass is 16.5. The fourth-order valence-corrected chi connectivity index (χ4v) is 2.48. The summed E-state index contributed by atoms with van der Waals surface area (Å²) in [5, 5.41) is 8.98. The molecule has 0 saturated carbocycles. The molecule has 0 aliphatic rings. The Labute approximate surface area is 160 Å². The number of amides is 1. The van der Waals surface area contributed by atoms with E-state index in [-0.39, 0.29) is 5.57 Å². The van der Waals surface area contributed by atoms with Crippen molar-refractivity contribution in [1.29, 1.82) is 5.26 Å². The van der Waals surface area contributed by atoms with Crippen molar-refractivity contribution in [2.24, 2.45) is 5.73 Å². The van der Waals surface area contributed by atoms with Gasteiger partial charge in [-0.25, -0.2) is 0 Å². The van der Waals surface area contributed by atoms with Gasteiger partial charge in [-0.15, -0.1) is 0 Å². The summed E-state index contributed by atoms with van der Waals surface area (Å²) in [6, 6.07) is 17.0. The summed E-state index contributed by atoms with van der Waals surface area (Å²) in [6.07, 6.45) is 2.53. The Bertz CT molecular complexity index is 835. The van der Waals surface area contributed by atoms with Crippen LogP contribution in [-0.2, 0) is 4.79 Å². The van der Waals surface area contributed by atoms with Gasteiger partial charge in [-0.1, -0.05) is 44.2 Å². The van der Waals surface area contributed by atoms with Crippen LogP contribution in [0.5, 0.6) is 11.5 Å². The van der Waals surface area contributed by atoms with Gasteiger partial charge >= 0.3 is 0 Å². The maximum atomic E-state index is 11.2. The molecule has 2 aromatic rings. The highest BCUT2D eigenvalue weighted by Gasteiger charge is 2.07. The van der Waals surface area contributed by atoms with Crippen LogP contribution in [0.3, 0.4) is 0 Å². The van der Waals surface area contributed by atoms with Crippen molar-refractivity contribution in [3.05, 3.63) is 65.2 Å². The number of carbonyl (C=O) groups is 1. The van der Waals surface area contributed by atoms with Crippen LogP contribution in [0.15, 0.2) is 54.1 Å². The minimum absolute atomic E-state index is 0.122. The molecule has 5 nitrogen and oxygen atoms in total. The topological polar surface area (TPSA) is 85.3 Å². The minimum Gasteiger partial charge on any atom is -0.490 e. The molecule has 0 fully saturated rings. The van der Waals surface area contributed by atoms with Gasteiger partial charge in [-0.05, 0) is 42.2 Å². The molecule has 140 valence electrons. The van der Waals surface area contributed by atoms with Crippen LogP contribution in [-0.4, -0.2) is 19.1 Å². The van der Waals surface area contributed by atoms with Crippen molar-refractivity contribution in [3.8, 4) is 17.6 Å². The van der Waals surface area contributed by atoms with E-state index < -0.39 is 5.91 Å². The zero-order valence-corrected chi connectivity index (χ0v) is 15.6. The van der Waals surface area contributed by atoms with Gasteiger partial charge in [0.15, 0.2) is 0 Å². The van der Waals surface area contributed by atoms with Gasteiger partial charge in [-0.3, -0.25) is 4.79 Å². The van der Waals surface area contributed by atoms with Crippen LogP contribution < -0.4 is 15.2 Å². The summed E-state index contributed by atoms with van der Waals surface area (Å²) in [6.45, 7) is 5.08. The summed E-state index contributed by atoms with van der Waals surface area (Å²) < 4.78 is 11.4. The fraction of sp³-hybridized carbons (Fsp3) is 0.273. The lowest BCUT2D eigenvalue weighted by molar-refractivity contribution is -0.114. The number of rotatable bonds is 9. The lowest BCUT2D eigenvalue weighted by atomic mass is 9.99. The Balaban J connectivity index is 1.93. The molecule has 0 heterocycles. The number of nitrogens with two attached hydrogens (primary N) is 1. The zero-order chi connectivity index (χ0) is 19.6. The van der Waals surface area contributed by atoms with E-state index in [1.54, 1.807) is 24.3 Å². The molecular formula is C22H24N2O3. The molecule has 0 bridgehead atoms. The van der Waals surface area contributed by atoms with Gasteiger partial charge in [0.25, 0.3) is 5.91 Å². The quantitative estimate of drug-likeness (QED) is 0.413. The van der Waals surface area contributed by atoms with Crippen LogP contribution in [0.25, 0.3) is 6.08 Å². The molecule has 1 atom stereocenters. The number of hydrogen-bond donors (Lipinski definition) is 1. The van der Waals surface area contributed by atoms with Crippen LogP contribution in [0.4, 0.5) is 0 Å². The molecule has 0 saturated heterocycles. The second-order valence-electron chi connectivity index (χ2n) is 6.15. The second-order valence-corrected chi connectivity index (χ2v) is 6.15. The Morgan fingerprint density at radius 2 is 1.81 bits per heavy atom. The number of primary amides is 1. The molecule has 2 aromatic carbocycles. The Morgan fingerprint density at radius 3 is 2.44 bits per heavy atom. The first-order valence-corrected chi connectivity index (χ1v) is 8.91. The van der Waals surface area contributed by atoms with E-state index in [0.29, 0.717) is 30.4 Å². The van der Waals surface area contributed by atoms with E-state index in [9.17, 15) is 4.79 Å². The molecule has 1 unspecified atom stereocenters. The molecule has 5 heteroatoms. The summed E-state index contributed by atoms with van der Waals surface area (Å²) in [5.41, 5.74) is 6.97. The molecule has 0 aliphatic heterocycles. The SMILES string of the molecule is CCC(C)c1ccc(OCCOc2ccccc2C=C(C#N)C(N)=O)cc1. The van der Waals surface area contributed by atoms with Crippen molar-refractivity contribution in [1.82, 2.24) is 0 Å². The van der Waals surface area contributed by atoms with E-state index in [1.807, 2.05) is 18.2 Å². The van der Waals surface area contributed by atoms with Crippen LogP contribution in [0, 0.1) is 11.3 Å². The third kappa shape index (κ3) is 5.89. The number of carbonyl (C=O) groups excluding carboxylic acids is 1. The first kappa shape index (κ1) is 20.1. The van der Waals surface area contributed by atoms with Gasteiger partial charge in [0.1, 0.15) is 36.4 Å². The minimum atomic E-state index is -0.767. The number of hydrogen-bond acceptors (Lipinski definition) is 4. The van der Waals surface area contributed by atoms with Gasteiger partial charge in [-0.2, -0.15) is 5.26 Å². The molecule has 1 amide bonds. The zero-order valence-electron chi connectivity index (χ0n) is 15.6. The summed E-state index contributed by atoms with van der Waals surface area (Å²) >= 11 is 0. The van der Waals surface area contributed by atoms with E-state index in [0.717, 1.165) is 12.2 Å². The predicted molar refractivity (Wildman–Crippen MR) is 105 cm³/mol. The maximum Gasteiger partial charge on any atom is 0.259 e. The Kier molecular flexibility index (Phi) is 7.45. The van der Waals surface area contributed by atoms with Crippen molar-refractivity contribution >= 4 is 12.0 Å². The standard InChI is InChI=1S/C22H24N2O3/c1-3-16(2)17-8-10-20(11-9-17)26-12-13-27-21-7-5-4-6-18(21)14-19(15-23)22(24)25/h4-11,14,16H,3,12-13H2,1-2H3,(H2,24,25). The van der Waals surface area contributed by atoms with E-state index >= 15 is 0 Å². The molecular weight excluding hydrogens is 340 g/mol. The summed E-state index contributed by atoms with van der Waals surface area (Å²) in [7, 11) is 0. The first-order chi connectivity index (χ1) is 13.0. The van der Waals surface area contributed by atoms with Gasteiger partial charge < -0.3 is 15.2 Å². The van der Waals surface area contributed by atoms with E-state index in [1.165, 1.54) is 11.6 Å². The highest BCUT2D eigenvalue weighted by molar-refractivity contribution is 6.00. The average molecular weight is 364 g/mol. The smallest absolute Gasteiger partial charge is 0.259 e. The fourth-order valence-electron chi connectivity index (χ4n) is 2.48. The maximum absolute atomic E-state index is 11.2. The monoisotopic (exact) mass is 364 g/mol. The van der Waals surface area contributed by atoms with Crippen molar-refractivity contribution in [3.63, 3.8) is 0 Å². The van der Waals surface area contributed by atoms with E-state index in [4.69, 9.17) is 20.5 Å². The van der Waals surface area contributed by atoms with Crippen LogP contribution >= 0.6 is 0 Å². The third-order valence-electron chi connectivity index (χ3n) is 4.28.